The minimum atomic E-state index is -0.657. The van der Waals surface area contributed by atoms with E-state index in [1.807, 2.05) is 41.0 Å². The second-order valence-electron chi connectivity index (χ2n) is 6.85. The summed E-state index contributed by atoms with van der Waals surface area (Å²) in [5.41, 5.74) is 2.63. The lowest BCUT2D eigenvalue weighted by Crippen LogP contribution is -2.25. The Morgan fingerprint density at radius 1 is 1.19 bits per heavy atom. The number of hydrogen-bond donors (Lipinski definition) is 0. The quantitative estimate of drug-likeness (QED) is 0.623. The van der Waals surface area contributed by atoms with Gasteiger partial charge in [-0.05, 0) is 55.3 Å². The Morgan fingerprint density at radius 2 is 1.96 bits per heavy atom. The smallest absolute Gasteiger partial charge is 0.224 e. The molecule has 0 radical (unpaired) electrons. The zero-order valence-corrected chi connectivity index (χ0v) is 16.2. The lowest BCUT2D eigenvalue weighted by molar-refractivity contribution is 0.414. The van der Waals surface area contributed by atoms with Gasteiger partial charge in [0, 0.05) is 18.7 Å². The molecule has 0 spiro atoms. The summed E-state index contributed by atoms with van der Waals surface area (Å²) in [6.45, 7) is 4.16. The van der Waals surface area contributed by atoms with Crippen molar-refractivity contribution in [1.29, 1.82) is 0 Å². The Balaban J connectivity index is 1.85. The minimum Gasteiger partial charge on any atom is -0.497 e. The van der Waals surface area contributed by atoms with E-state index in [-0.39, 0.29) is 11.3 Å². The summed E-state index contributed by atoms with van der Waals surface area (Å²) in [7, 11) is 1.66. The molecule has 1 aliphatic heterocycles. The molecule has 0 N–H and O–H groups in total. The van der Waals surface area contributed by atoms with Crippen LogP contribution in [-0.2, 0) is 12.0 Å². The van der Waals surface area contributed by atoms with Crippen LogP contribution in [0.1, 0.15) is 31.1 Å². The van der Waals surface area contributed by atoms with Crippen molar-refractivity contribution in [3.63, 3.8) is 0 Å². The normalized spacial score (nSPS) is 18.7. The third-order valence-electron chi connectivity index (χ3n) is 4.76. The first-order valence-corrected chi connectivity index (χ1v) is 9.17. The Hall–Kier alpha value is -2.73. The van der Waals surface area contributed by atoms with Crippen molar-refractivity contribution in [2.75, 3.05) is 7.11 Å². The summed E-state index contributed by atoms with van der Waals surface area (Å²) < 4.78 is 7.25. The van der Waals surface area contributed by atoms with E-state index in [4.69, 9.17) is 21.3 Å². The van der Waals surface area contributed by atoms with E-state index in [9.17, 15) is 0 Å². The molecule has 7 heteroatoms. The number of aliphatic imine (C=N–C) groups is 1. The highest BCUT2D eigenvalue weighted by molar-refractivity contribution is 6.28. The van der Waals surface area contributed by atoms with Crippen molar-refractivity contribution >= 4 is 29.0 Å². The SMILES string of the molecule is COc1ccc(CC2(c3nc(Cl)nc4c3ncn4C(C)C)C=CC=N2)cc1. The summed E-state index contributed by atoms with van der Waals surface area (Å²) in [5.74, 6) is 0.821. The van der Waals surface area contributed by atoms with Gasteiger partial charge in [0.1, 0.15) is 22.5 Å². The molecule has 6 nitrogen and oxygen atoms in total. The van der Waals surface area contributed by atoms with Gasteiger partial charge >= 0.3 is 0 Å². The van der Waals surface area contributed by atoms with Gasteiger partial charge in [0.2, 0.25) is 5.28 Å². The number of rotatable bonds is 5. The molecule has 0 amide bonds. The highest BCUT2D eigenvalue weighted by Gasteiger charge is 2.36. The van der Waals surface area contributed by atoms with E-state index in [1.54, 1.807) is 19.7 Å². The minimum absolute atomic E-state index is 0.199. The van der Waals surface area contributed by atoms with Crippen molar-refractivity contribution in [1.82, 2.24) is 19.5 Å². The molecule has 3 aromatic rings. The number of aromatic nitrogens is 4. The molecule has 0 saturated heterocycles. The predicted molar refractivity (Wildman–Crippen MR) is 107 cm³/mol. The zero-order chi connectivity index (χ0) is 19.0. The second-order valence-corrected chi connectivity index (χ2v) is 7.18. The van der Waals surface area contributed by atoms with Crippen LogP contribution in [-0.4, -0.2) is 32.8 Å². The molecule has 4 rings (SSSR count). The van der Waals surface area contributed by atoms with Crippen LogP contribution in [0, 0.1) is 0 Å². The van der Waals surface area contributed by atoms with Crippen LogP contribution in [0.25, 0.3) is 11.2 Å². The number of benzene rings is 1. The van der Waals surface area contributed by atoms with Crippen LogP contribution in [0.2, 0.25) is 5.28 Å². The van der Waals surface area contributed by atoms with E-state index in [1.165, 1.54) is 0 Å². The van der Waals surface area contributed by atoms with Crippen molar-refractivity contribution in [2.24, 2.45) is 4.99 Å². The van der Waals surface area contributed by atoms with Crippen LogP contribution in [0.15, 0.2) is 47.7 Å². The predicted octanol–water partition coefficient (Wildman–Crippen LogP) is 4.15. The molecule has 3 heterocycles. The van der Waals surface area contributed by atoms with Gasteiger partial charge in [-0.2, -0.15) is 4.98 Å². The van der Waals surface area contributed by atoms with Gasteiger partial charge in [0.05, 0.1) is 13.4 Å². The van der Waals surface area contributed by atoms with E-state index in [0.717, 1.165) is 28.2 Å². The largest absolute Gasteiger partial charge is 0.497 e. The van der Waals surface area contributed by atoms with Crippen molar-refractivity contribution in [2.45, 2.75) is 31.8 Å². The maximum Gasteiger partial charge on any atom is 0.224 e. The fourth-order valence-corrected chi connectivity index (χ4v) is 3.54. The lowest BCUT2D eigenvalue weighted by Gasteiger charge is -2.24. The number of imidazole rings is 1. The van der Waals surface area contributed by atoms with Crippen LogP contribution in [0.5, 0.6) is 5.75 Å². The zero-order valence-electron chi connectivity index (χ0n) is 15.4. The van der Waals surface area contributed by atoms with E-state index in [2.05, 4.69) is 28.8 Å². The molecule has 1 atom stereocenters. The van der Waals surface area contributed by atoms with Gasteiger partial charge in [-0.3, -0.25) is 4.99 Å². The summed E-state index contributed by atoms with van der Waals surface area (Å²) in [4.78, 5) is 18.3. The van der Waals surface area contributed by atoms with Gasteiger partial charge in [-0.15, -0.1) is 0 Å². The maximum atomic E-state index is 6.28. The number of hydrogen-bond acceptors (Lipinski definition) is 5. The molecule has 1 aliphatic rings. The first-order chi connectivity index (χ1) is 13.0. The Kier molecular flexibility index (Phi) is 4.44. The third kappa shape index (κ3) is 3.10. The topological polar surface area (TPSA) is 65.2 Å². The highest BCUT2D eigenvalue weighted by Crippen LogP contribution is 2.37. The molecule has 2 aromatic heterocycles. The standard InChI is InChI=1S/C20H20ClN5O/c1-13(2)26-12-22-16-17(24-19(21)25-18(16)26)20(9-4-10-23-20)11-14-5-7-15(27-3)8-6-14/h4-10,12-13H,11H2,1-3H3. The Morgan fingerprint density at radius 3 is 2.59 bits per heavy atom. The number of ether oxygens (including phenoxy) is 1. The van der Waals surface area contributed by atoms with Crippen LogP contribution in [0.4, 0.5) is 0 Å². The maximum absolute atomic E-state index is 6.28. The van der Waals surface area contributed by atoms with Crippen molar-refractivity contribution in [3.8, 4) is 5.75 Å². The molecule has 138 valence electrons. The van der Waals surface area contributed by atoms with E-state index in [0.29, 0.717) is 6.42 Å². The summed E-state index contributed by atoms with van der Waals surface area (Å²) in [5, 5.41) is 0.199. The third-order valence-corrected chi connectivity index (χ3v) is 4.93. The molecule has 0 bridgehead atoms. The molecular weight excluding hydrogens is 362 g/mol. The van der Waals surface area contributed by atoms with Crippen LogP contribution in [0.3, 0.4) is 0 Å². The molecule has 0 fully saturated rings. The second kappa shape index (κ2) is 6.78. The molecule has 0 saturated carbocycles. The summed E-state index contributed by atoms with van der Waals surface area (Å²) in [6.07, 6.45) is 8.20. The molecule has 27 heavy (non-hydrogen) atoms. The monoisotopic (exact) mass is 381 g/mol. The number of nitrogens with zero attached hydrogens (tertiary/aromatic N) is 5. The summed E-state index contributed by atoms with van der Waals surface area (Å²) >= 11 is 6.28. The molecular formula is C20H20ClN5O. The van der Waals surface area contributed by atoms with Gasteiger partial charge in [0.25, 0.3) is 0 Å². The van der Waals surface area contributed by atoms with Gasteiger partial charge in [-0.25, -0.2) is 9.97 Å². The average Bonchev–Trinajstić information content (AvgIpc) is 3.29. The van der Waals surface area contributed by atoms with Gasteiger partial charge in [-0.1, -0.05) is 12.1 Å². The fourth-order valence-electron chi connectivity index (χ4n) is 3.37. The average molecular weight is 382 g/mol. The molecule has 1 aromatic carbocycles. The molecule has 1 unspecified atom stereocenters. The summed E-state index contributed by atoms with van der Waals surface area (Å²) in [6, 6.07) is 8.18. The van der Waals surface area contributed by atoms with Gasteiger partial charge < -0.3 is 9.30 Å². The number of fused-ring (bicyclic) bond motifs is 1. The Bertz CT molecular complexity index is 1020. The Labute approximate surface area is 162 Å². The fraction of sp³-hybridized carbons (Fsp3) is 0.300. The van der Waals surface area contributed by atoms with Crippen molar-refractivity contribution in [3.05, 3.63) is 59.3 Å². The lowest BCUT2D eigenvalue weighted by atomic mass is 9.88. The van der Waals surface area contributed by atoms with Gasteiger partial charge in [0.15, 0.2) is 5.65 Å². The first-order valence-electron chi connectivity index (χ1n) is 8.79. The number of methoxy groups -OCH3 is 1. The molecule has 0 aliphatic carbocycles. The van der Waals surface area contributed by atoms with E-state index < -0.39 is 5.54 Å². The van der Waals surface area contributed by atoms with Crippen LogP contribution < -0.4 is 4.74 Å². The van der Waals surface area contributed by atoms with Crippen molar-refractivity contribution < 1.29 is 4.74 Å². The number of allylic oxidation sites excluding steroid dienone is 1. The van der Waals surface area contributed by atoms with Crippen LogP contribution >= 0.6 is 11.6 Å². The van der Waals surface area contributed by atoms with E-state index >= 15 is 0 Å². The number of halogens is 1. The highest BCUT2D eigenvalue weighted by atomic mass is 35.5. The first kappa shape index (κ1) is 17.7.